The van der Waals surface area contributed by atoms with Gasteiger partial charge in [0.2, 0.25) is 5.30 Å². The minimum Gasteiger partial charge on any atom is -0.489 e. The molecule has 0 spiro atoms. The largest absolute Gasteiger partial charge is 0.546 e. The lowest BCUT2D eigenvalue weighted by Crippen LogP contribution is -2.38. The minimum atomic E-state index is -2.40. The van der Waals surface area contributed by atoms with Crippen LogP contribution < -0.4 is 15.4 Å². The van der Waals surface area contributed by atoms with Gasteiger partial charge in [-0.3, -0.25) is 0 Å². The van der Waals surface area contributed by atoms with Crippen LogP contribution in [0.2, 0.25) is 0 Å². The first-order valence-corrected chi connectivity index (χ1v) is 10.3. The average Bonchev–Trinajstić information content (AvgIpc) is 2.59. The molecule has 0 aliphatic rings. The Balaban J connectivity index is 1.88. The van der Waals surface area contributed by atoms with E-state index >= 15 is 0 Å². The van der Waals surface area contributed by atoms with Gasteiger partial charge in [-0.25, -0.2) is 4.79 Å². The number of carbonyl (C=O) groups excluding carboxylic acids is 1. The Bertz CT molecular complexity index is 814. The molecule has 2 rings (SSSR count). The zero-order valence-electron chi connectivity index (χ0n) is 16.6. The van der Waals surface area contributed by atoms with Crippen LogP contribution in [0.4, 0.5) is 4.79 Å². The fourth-order valence-corrected chi connectivity index (χ4v) is 3.21. The summed E-state index contributed by atoms with van der Waals surface area (Å²) in [4.78, 5) is 21.2. The Labute approximate surface area is 166 Å². The molecular weight excluding hydrogens is 377 g/mol. The van der Waals surface area contributed by atoms with Gasteiger partial charge in [0, 0.05) is 11.6 Å². The number of alkyl carbamates (subject to hydrolysis) is 1. The molecule has 6 nitrogen and oxygen atoms in total. The molecule has 28 heavy (non-hydrogen) atoms. The van der Waals surface area contributed by atoms with Gasteiger partial charge >= 0.3 is 14.1 Å². The molecule has 0 aliphatic heterocycles. The molecule has 0 bridgehead atoms. The summed E-state index contributed by atoms with van der Waals surface area (Å²) < 4.78 is 22.4. The predicted octanol–water partition coefficient (Wildman–Crippen LogP) is 4.08. The Morgan fingerprint density at radius 3 is 2.39 bits per heavy atom. The smallest absolute Gasteiger partial charge is 0.489 e. The number of hydrogen-bond donors (Lipinski definition) is 2. The number of rotatable bonds is 7. The van der Waals surface area contributed by atoms with Gasteiger partial charge in [0.1, 0.15) is 18.0 Å². The zero-order chi connectivity index (χ0) is 20.7. The summed E-state index contributed by atoms with van der Waals surface area (Å²) >= 11 is 0. The van der Waals surface area contributed by atoms with Gasteiger partial charge in [0.05, 0.1) is 0 Å². The third kappa shape index (κ3) is 7.29. The highest BCUT2D eigenvalue weighted by Gasteiger charge is 2.21. The summed E-state index contributed by atoms with van der Waals surface area (Å²) in [6.07, 6.45) is 0.230. The van der Waals surface area contributed by atoms with Gasteiger partial charge in [-0.1, -0.05) is 30.3 Å². The van der Waals surface area contributed by atoms with E-state index in [9.17, 15) is 14.3 Å². The average molecular weight is 404 g/mol. The first-order chi connectivity index (χ1) is 13.1. The summed E-state index contributed by atoms with van der Waals surface area (Å²) in [7, 11) is -2.40. The summed E-state index contributed by atoms with van der Waals surface area (Å²) in [6.45, 7) is 7.61. The molecule has 0 saturated heterocycles. The molecule has 0 saturated carbocycles. The molecule has 0 aliphatic carbocycles. The van der Waals surface area contributed by atoms with Gasteiger partial charge in [-0.2, -0.15) is 4.89 Å². The molecule has 2 unspecified atom stereocenters. The second-order valence-corrected chi connectivity index (χ2v) is 8.61. The Morgan fingerprint density at radius 2 is 1.79 bits per heavy atom. The Morgan fingerprint density at radius 1 is 1.14 bits per heavy atom. The molecule has 2 aromatic carbocycles. The Kier molecular flexibility index (Phi) is 7.55. The SMILES string of the molecule is CC(Cc1ccc(OCc2ccccc2[P+](=O)O)cc1)NC(=O)OC(C)(C)C. The summed E-state index contributed by atoms with van der Waals surface area (Å²) in [5.74, 6) is 0.666. The van der Waals surface area contributed by atoms with E-state index in [-0.39, 0.29) is 12.6 Å². The van der Waals surface area contributed by atoms with E-state index < -0.39 is 19.7 Å². The summed E-state index contributed by atoms with van der Waals surface area (Å²) in [6, 6.07) is 14.4. The van der Waals surface area contributed by atoms with Crippen LogP contribution in [-0.4, -0.2) is 22.6 Å². The maximum absolute atomic E-state index is 11.8. The fourth-order valence-electron chi connectivity index (χ4n) is 2.62. The molecule has 0 aromatic heterocycles. The Hall–Kier alpha value is -2.43. The third-order valence-corrected chi connectivity index (χ3v) is 4.67. The maximum atomic E-state index is 11.8. The van der Waals surface area contributed by atoms with Crippen molar-refractivity contribution < 1.29 is 23.7 Å². The van der Waals surface area contributed by atoms with Crippen LogP contribution in [0.3, 0.4) is 0 Å². The number of hydrogen-bond acceptors (Lipinski definition) is 4. The normalized spacial score (nSPS) is 12.8. The minimum absolute atomic E-state index is 0.0747. The van der Waals surface area contributed by atoms with Crippen molar-refractivity contribution in [3.8, 4) is 5.75 Å². The second-order valence-electron chi connectivity index (χ2n) is 7.59. The topological polar surface area (TPSA) is 84.9 Å². The van der Waals surface area contributed by atoms with Crippen LogP contribution >= 0.6 is 8.03 Å². The summed E-state index contributed by atoms with van der Waals surface area (Å²) in [5.41, 5.74) is 1.21. The van der Waals surface area contributed by atoms with Gasteiger partial charge < -0.3 is 14.8 Å². The molecule has 2 atom stereocenters. The number of nitrogens with one attached hydrogen (secondary N) is 1. The van der Waals surface area contributed by atoms with E-state index in [1.54, 1.807) is 18.2 Å². The highest BCUT2D eigenvalue weighted by molar-refractivity contribution is 7.47. The first kappa shape index (κ1) is 21.9. The van der Waals surface area contributed by atoms with E-state index in [4.69, 9.17) is 9.47 Å². The fraction of sp³-hybridized carbons (Fsp3) is 0.381. The summed E-state index contributed by atoms with van der Waals surface area (Å²) in [5, 5.41) is 3.20. The van der Waals surface area contributed by atoms with Crippen LogP contribution in [0, 0.1) is 0 Å². The van der Waals surface area contributed by atoms with Gasteiger partial charge in [0.25, 0.3) is 0 Å². The number of carbonyl (C=O) groups is 1. The second kappa shape index (κ2) is 9.67. The third-order valence-electron chi connectivity index (χ3n) is 3.82. The molecular formula is C21H27NO5P+. The van der Waals surface area contributed by atoms with E-state index in [2.05, 4.69) is 5.32 Å². The standard InChI is InChI=1S/C21H26NO5P/c1-15(22-20(23)27-21(2,3)4)13-16-9-11-18(12-10-16)26-14-17-7-5-6-8-19(17)28(24)25/h5-12,15H,13-14H2,1-4H3,(H-,22,23,24,25)/p+1. The maximum Gasteiger partial charge on any atom is 0.546 e. The van der Waals surface area contributed by atoms with Crippen molar-refractivity contribution in [1.29, 1.82) is 0 Å². The van der Waals surface area contributed by atoms with Gasteiger partial charge in [-0.15, -0.1) is 0 Å². The number of ether oxygens (including phenoxy) is 2. The zero-order valence-corrected chi connectivity index (χ0v) is 17.5. The lowest BCUT2D eigenvalue weighted by atomic mass is 10.1. The van der Waals surface area contributed by atoms with Crippen molar-refractivity contribution in [2.45, 2.75) is 52.4 Å². The highest BCUT2D eigenvalue weighted by atomic mass is 31.1. The van der Waals surface area contributed by atoms with Crippen molar-refractivity contribution in [3.63, 3.8) is 0 Å². The van der Waals surface area contributed by atoms with E-state index in [0.29, 0.717) is 23.0 Å². The van der Waals surface area contributed by atoms with Crippen LogP contribution in [0.25, 0.3) is 0 Å². The quantitative estimate of drug-likeness (QED) is 0.680. The molecule has 1 amide bonds. The van der Waals surface area contributed by atoms with Crippen molar-refractivity contribution in [3.05, 3.63) is 59.7 Å². The van der Waals surface area contributed by atoms with Crippen molar-refractivity contribution in [1.82, 2.24) is 5.32 Å². The first-order valence-electron chi connectivity index (χ1n) is 9.09. The molecule has 2 aromatic rings. The molecule has 2 N–H and O–H groups in total. The molecule has 0 heterocycles. The highest BCUT2D eigenvalue weighted by Crippen LogP contribution is 2.19. The van der Waals surface area contributed by atoms with E-state index in [1.807, 2.05) is 58.0 Å². The van der Waals surface area contributed by atoms with Crippen LogP contribution in [-0.2, 0) is 22.3 Å². The lowest BCUT2D eigenvalue weighted by molar-refractivity contribution is 0.0508. The lowest BCUT2D eigenvalue weighted by Gasteiger charge is -2.22. The van der Waals surface area contributed by atoms with E-state index in [0.717, 1.165) is 5.56 Å². The van der Waals surface area contributed by atoms with E-state index in [1.165, 1.54) is 0 Å². The number of amides is 1. The molecule has 0 fully saturated rings. The predicted molar refractivity (Wildman–Crippen MR) is 109 cm³/mol. The van der Waals surface area contributed by atoms with Gasteiger partial charge in [-0.05, 0) is 62.4 Å². The molecule has 150 valence electrons. The van der Waals surface area contributed by atoms with Gasteiger partial charge in [0.15, 0.2) is 0 Å². The van der Waals surface area contributed by atoms with Crippen molar-refractivity contribution in [2.75, 3.05) is 0 Å². The van der Waals surface area contributed by atoms with Crippen LogP contribution in [0.15, 0.2) is 48.5 Å². The molecule has 0 radical (unpaired) electrons. The molecule has 7 heteroatoms. The monoisotopic (exact) mass is 404 g/mol. The van der Waals surface area contributed by atoms with Crippen molar-refractivity contribution >= 4 is 19.4 Å². The van der Waals surface area contributed by atoms with Crippen LogP contribution in [0.5, 0.6) is 5.75 Å². The number of benzene rings is 2. The van der Waals surface area contributed by atoms with Crippen LogP contribution in [0.1, 0.15) is 38.8 Å². The van der Waals surface area contributed by atoms with Crippen molar-refractivity contribution in [2.24, 2.45) is 0 Å².